The summed E-state index contributed by atoms with van der Waals surface area (Å²) in [7, 11) is -15.7. The summed E-state index contributed by atoms with van der Waals surface area (Å²) >= 11 is 0. The summed E-state index contributed by atoms with van der Waals surface area (Å²) < 4.78 is 72.5. The van der Waals surface area contributed by atoms with Gasteiger partial charge in [-0.1, -0.05) is 24.3 Å². The molecule has 0 aromatic carbocycles. The van der Waals surface area contributed by atoms with Crippen LogP contribution in [0.3, 0.4) is 0 Å². The highest BCUT2D eigenvalue weighted by molar-refractivity contribution is 7.79. The molecular weight excluding hydrogens is 290 g/mol. The van der Waals surface area contributed by atoms with E-state index in [1.807, 2.05) is 4.52 Å². The van der Waals surface area contributed by atoms with E-state index in [2.05, 4.69) is 9.03 Å². The van der Waals surface area contributed by atoms with Crippen LogP contribution < -0.4 is 0 Å². The number of nitrogens with zero attached hydrogens (tertiary/aromatic N) is 3. The van der Waals surface area contributed by atoms with Crippen molar-refractivity contribution in [3.05, 3.63) is 24.3 Å². The molecule has 0 radical (unpaired) electrons. The average Bonchev–Trinajstić information content (AvgIpc) is 2.46. The van der Waals surface area contributed by atoms with Crippen molar-refractivity contribution in [1.29, 1.82) is 0 Å². The van der Waals surface area contributed by atoms with Gasteiger partial charge in [0.15, 0.2) is 0 Å². The largest absolute Gasteiger partial charge is 0.423 e. The molecule has 1 atom stereocenters. The normalized spacial score (nSPS) is 35.3. The second-order valence-electron chi connectivity index (χ2n) is 3.01. The molecule has 16 heavy (non-hydrogen) atoms. The maximum atomic E-state index is 14.0. The first kappa shape index (κ1) is 12.3. The van der Waals surface area contributed by atoms with E-state index < -0.39 is 28.8 Å². The van der Waals surface area contributed by atoms with Crippen molar-refractivity contribution in [3.8, 4) is 0 Å². The van der Waals surface area contributed by atoms with Crippen molar-refractivity contribution in [3.63, 3.8) is 0 Å². The van der Waals surface area contributed by atoms with Gasteiger partial charge in [0.05, 0.1) is 5.66 Å². The van der Waals surface area contributed by atoms with Gasteiger partial charge in [-0.25, -0.2) is 0 Å². The van der Waals surface area contributed by atoms with Crippen LogP contribution in [0.1, 0.15) is 0 Å². The van der Waals surface area contributed by atoms with Crippen molar-refractivity contribution < 1.29 is 21.0 Å². The first-order chi connectivity index (χ1) is 7.23. The molecule has 2 aliphatic rings. The van der Waals surface area contributed by atoms with E-state index in [1.165, 1.54) is 24.3 Å². The Morgan fingerprint density at radius 2 is 1.25 bits per heavy atom. The maximum absolute atomic E-state index is 14.0. The highest BCUT2D eigenvalue weighted by Crippen LogP contribution is 2.83. The molecule has 0 N–H and O–H groups in total. The lowest BCUT2D eigenvalue weighted by atomic mass is 10.5. The fourth-order valence-electron chi connectivity index (χ4n) is 1.24. The molecule has 0 spiro atoms. The third-order valence-electron chi connectivity index (χ3n) is 1.79. The highest BCUT2D eigenvalue weighted by Gasteiger charge is 2.42. The molecule has 90 valence electrons. The van der Waals surface area contributed by atoms with E-state index in [0.29, 0.717) is 0 Å². The van der Waals surface area contributed by atoms with Gasteiger partial charge in [0.25, 0.3) is 7.52 Å². The minimum Gasteiger partial charge on any atom is -0.182 e. The van der Waals surface area contributed by atoms with E-state index in [-0.39, 0.29) is 0 Å². The number of hydrogen-bond acceptors (Lipinski definition) is 3. The van der Waals surface area contributed by atoms with Crippen LogP contribution in [0, 0.1) is 0 Å². The number of rotatable bonds is 1. The Balaban J connectivity index is 2.63. The molecule has 0 aromatic heterocycles. The van der Waals surface area contributed by atoms with Gasteiger partial charge in [-0.2, -0.15) is 13.2 Å². The van der Waals surface area contributed by atoms with Gasteiger partial charge >= 0.3 is 15.7 Å². The zero-order valence-electron chi connectivity index (χ0n) is 7.46. The van der Waals surface area contributed by atoms with E-state index in [4.69, 9.17) is 0 Å². The van der Waals surface area contributed by atoms with Gasteiger partial charge in [0.1, 0.15) is 0 Å². The summed E-state index contributed by atoms with van der Waals surface area (Å²) in [6.45, 7) is 0. The van der Waals surface area contributed by atoms with Crippen LogP contribution in [0.15, 0.2) is 37.9 Å². The molecule has 11 heteroatoms. The van der Waals surface area contributed by atoms with Crippen LogP contribution in [0.2, 0.25) is 0 Å². The van der Waals surface area contributed by atoms with E-state index >= 15 is 0 Å². The molecule has 1 aliphatic carbocycles. The Morgan fingerprint density at radius 1 is 0.750 bits per heavy atom. The molecule has 0 bridgehead atoms. The molecule has 0 saturated carbocycles. The monoisotopic (exact) mass is 295 g/mol. The van der Waals surface area contributed by atoms with Gasteiger partial charge < -0.3 is 0 Å². The Morgan fingerprint density at radius 3 is 1.75 bits per heavy atom. The molecule has 0 amide bonds. The molecule has 3 nitrogen and oxygen atoms in total. The van der Waals surface area contributed by atoms with E-state index in [0.717, 1.165) is 0 Å². The smallest absolute Gasteiger partial charge is 0.182 e. The molecule has 0 saturated heterocycles. The zero-order chi connectivity index (χ0) is 12.0. The number of allylic oxidation sites excluding steroid dienone is 4. The second-order valence-corrected chi connectivity index (χ2v) is 8.71. The van der Waals surface area contributed by atoms with Crippen molar-refractivity contribution in [2.45, 2.75) is 5.66 Å². The van der Waals surface area contributed by atoms with Crippen molar-refractivity contribution in [2.24, 2.45) is 13.5 Å². The minimum absolute atomic E-state index is 1.19. The highest BCUT2D eigenvalue weighted by atomic mass is 31.3. The first-order valence-corrected chi connectivity index (χ1v) is 8.58. The molecule has 1 unspecified atom stereocenters. The second kappa shape index (κ2) is 3.66. The quantitative estimate of drug-likeness (QED) is 0.404. The standard InChI is InChI=1S/C5H5F5N3P3/c6-14(5-3-1-2-4-5)11-15(7,8)13-16(9,10)12-14/h1-5H. The first-order valence-electron chi connectivity index (χ1n) is 3.97. The summed E-state index contributed by atoms with van der Waals surface area (Å²) in [5, 5.41) is 0. The summed E-state index contributed by atoms with van der Waals surface area (Å²) in [5.41, 5.74) is -1.19. The van der Waals surface area contributed by atoms with Gasteiger partial charge in [0.2, 0.25) is 0 Å². The summed E-state index contributed by atoms with van der Waals surface area (Å²) in [6, 6.07) is 0. The van der Waals surface area contributed by atoms with Crippen molar-refractivity contribution in [2.75, 3.05) is 0 Å². The summed E-state index contributed by atoms with van der Waals surface area (Å²) in [4.78, 5) is 0. The number of halogens is 5. The molecule has 0 aromatic rings. The zero-order valence-corrected chi connectivity index (χ0v) is 10.1. The third kappa shape index (κ3) is 2.39. The Bertz CT molecular complexity index is 518. The van der Waals surface area contributed by atoms with Crippen molar-refractivity contribution >= 4 is 23.2 Å². The Labute approximate surface area is 88.4 Å². The van der Waals surface area contributed by atoms with Crippen LogP contribution in [0.5, 0.6) is 0 Å². The third-order valence-corrected chi connectivity index (χ3v) is 8.34. The lowest BCUT2D eigenvalue weighted by Crippen LogP contribution is -1.94. The number of hydrogen-bond donors (Lipinski definition) is 0. The SMILES string of the molecule is FP1(F)=NP(F)(F)=NP(F)(C2C=CC=C2)=N1. The topological polar surface area (TPSA) is 37.1 Å². The van der Waals surface area contributed by atoms with Gasteiger partial charge in [0, 0.05) is 0 Å². The maximum Gasteiger partial charge on any atom is 0.423 e. The van der Waals surface area contributed by atoms with Crippen LogP contribution in [0.25, 0.3) is 0 Å². The Kier molecular flexibility index (Phi) is 2.81. The molecular formula is C5H5F5N3P3. The lowest BCUT2D eigenvalue weighted by molar-refractivity contribution is 0.696. The van der Waals surface area contributed by atoms with Gasteiger partial charge in [-0.15, -0.1) is 21.3 Å². The summed E-state index contributed by atoms with van der Waals surface area (Å²) in [5.74, 6) is 0. The molecule has 2 rings (SSSR count). The van der Waals surface area contributed by atoms with Gasteiger partial charge in [-0.05, 0) is 0 Å². The van der Waals surface area contributed by atoms with Crippen molar-refractivity contribution in [1.82, 2.24) is 0 Å². The lowest BCUT2D eigenvalue weighted by Gasteiger charge is -2.19. The van der Waals surface area contributed by atoms with E-state index in [9.17, 15) is 21.0 Å². The fourth-order valence-corrected chi connectivity index (χ4v) is 7.68. The predicted molar refractivity (Wildman–Crippen MR) is 55.7 cm³/mol. The van der Waals surface area contributed by atoms with Crippen LogP contribution >= 0.6 is 23.2 Å². The average molecular weight is 295 g/mol. The van der Waals surface area contributed by atoms with E-state index in [1.54, 1.807) is 0 Å². The van der Waals surface area contributed by atoms with Crippen LogP contribution in [0.4, 0.5) is 21.0 Å². The van der Waals surface area contributed by atoms with Crippen LogP contribution in [-0.4, -0.2) is 5.66 Å². The Hall–Kier alpha value is -0.180. The summed E-state index contributed by atoms with van der Waals surface area (Å²) in [6.07, 6.45) is 5.17. The fraction of sp³-hybridized carbons (Fsp3) is 0.200. The molecule has 1 heterocycles. The minimum atomic E-state index is -5.57. The van der Waals surface area contributed by atoms with Crippen LogP contribution in [-0.2, 0) is 0 Å². The molecule has 1 aliphatic heterocycles. The predicted octanol–water partition coefficient (Wildman–Crippen LogP) is 6.27. The van der Waals surface area contributed by atoms with Gasteiger partial charge in [-0.3, -0.25) is 0 Å². The molecule has 0 fully saturated rings.